The van der Waals surface area contributed by atoms with Crippen LogP contribution in [0.25, 0.3) is 141 Å². The second kappa shape index (κ2) is 14.5. The third-order valence-corrected chi connectivity index (χ3v) is 14.4. The van der Waals surface area contributed by atoms with Crippen LogP contribution in [0.1, 0.15) is 0 Å². The van der Waals surface area contributed by atoms with Crippen molar-refractivity contribution in [3.8, 4) is 44.5 Å². The maximum atomic E-state index is 2.48. The van der Waals surface area contributed by atoms with Gasteiger partial charge in [-0.05, 0) is 178 Å². The molecule has 0 N–H and O–H groups in total. The molecule has 14 aromatic rings. The molecule has 0 nitrogen and oxygen atoms in total. The van der Waals surface area contributed by atoms with E-state index in [1.807, 2.05) is 0 Å². The summed E-state index contributed by atoms with van der Waals surface area (Å²) in [5, 5.41) is 22.9. The number of rotatable bonds is 4. The third-order valence-electron chi connectivity index (χ3n) is 14.4. The summed E-state index contributed by atoms with van der Waals surface area (Å²) in [6, 6.07) is 90.5. The van der Waals surface area contributed by atoms with E-state index in [2.05, 4.69) is 243 Å². The molecule has 304 valence electrons. The summed E-state index contributed by atoms with van der Waals surface area (Å²) >= 11 is 0. The Morgan fingerprint density at radius 3 is 0.864 bits per heavy atom. The van der Waals surface area contributed by atoms with Gasteiger partial charge in [-0.2, -0.15) is 0 Å². The zero-order chi connectivity index (χ0) is 43.3. The Morgan fingerprint density at radius 1 is 0.152 bits per heavy atom. The van der Waals surface area contributed by atoms with Crippen LogP contribution < -0.4 is 0 Å². The van der Waals surface area contributed by atoms with Crippen molar-refractivity contribution >= 4 is 97.0 Å². The minimum absolute atomic E-state index is 1.22. The molecule has 0 aliphatic heterocycles. The quantitative estimate of drug-likeness (QED) is 0.155. The Kier molecular flexibility index (Phi) is 8.08. The van der Waals surface area contributed by atoms with Gasteiger partial charge in [0.1, 0.15) is 0 Å². The van der Waals surface area contributed by atoms with Gasteiger partial charge in [0, 0.05) is 0 Å². The highest BCUT2D eigenvalue weighted by molar-refractivity contribution is 6.40. The van der Waals surface area contributed by atoms with Crippen LogP contribution in [-0.4, -0.2) is 0 Å². The van der Waals surface area contributed by atoms with Crippen molar-refractivity contribution in [3.05, 3.63) is 243 Å². The third kappa shape index (κ3) is 5.59. The van der Waals surface area contributed by atoms with E-state index in [0.717, 1.165) is 0 Å². The molecule has 0 spiro atoms. The number of fused-ring (bicyclic) bond motifs is 17. The Morgan fingerprint density at radius 2 is 0.455 bits per heavy atom. The first-order valence-corrected chi connectivity index (χ1v) is 23.0. The first-order chi connectivity index (χ1) is 32.7. The SMILES string of the molecule is c1ccc(-c2ccc3cc(-c4ccc5c6ccccc6c6c7cc(-c8cc9ccc(-c%10ccccc%10)cc9c9ccccc89)ccc7c7ccccc7c6c5c4)c4ccccc4c3c2)cc1. The maximum absolute atomic E-state index is 2.48. The molecule has 0 saturated carbocycles. The van der Waals surface area contributed by atoms with Crippen LogP contribution in [0.3, 0.4) is 0 Å². The maximum Gasteiger partial charge on any atom is -0.00137 e. The van der Waals surface area contributed by atoms with Crippen molar-refractivity contribution in [1.29, 1.82) is 0 Å². The monoisotopic (exact) mass is 832 g/mol. The summed E-state index contributed by atoms with van der Waals surface area (Å²) in [7, 11) is 0. The lowest BCUT2D eigenvalue weighted by molar-refractivity contribution is 1.65. The first-order valence-electron chi connectivity index (χ1n) is 23.0. The highest BCUT2D eigenvalue weighted by Gasteiger charge is 2.19. The van der Waals surface area contributed by atoms with E-state index in [1.165, 1.54) is 141 Å². The Labute approximate surface area is 382 Å². The van der Waals surface area contributed by atoms with E-state index in [1.54, 1.807) is 0 Å². The van der Waals surface area contributed by atoms with E-state index in [9.17, 15) is 0 Å². The lowest BCUT2D eigenvalue weighted by Gasteiger charge is -2.19. The second-order valence-corrected chi connectivity index (χ2v) is 17.9. The highest BCUT2D eigenvalue weighted by atomic mass is 14.2. The molecule has 0 unspecified atom stereocenters. The summed E-state index contributed by atoms with van der Waals surface area (Å²) in [6.07, 6.45) is 0. The molecule has 0 heterocycles. The molecule has 0 fully saturated rings. The predicted octanol–water partition coefficient (Wildman–Crippen LogP) is 18.7. The fourth-order valence-corrected chi connectivity index (χ4v) is 11.3. The molecule has 0 atom stereocenters. The fourth-order valence-electron chi connectivity index (χ4n) is 11.3. The van der Waals surface area contributed by atoms with Crippen LogP contribution in [0.2, 0.25) is 0 Å². The molecule has 14 aromatic carbocycles. The van der Waals surface area contributed by atoms with Crippen molar-refractivity contribution in [2.75, 3.05) is 0 Å². The molecule has 0 bridgehead atoms. The molecular formula is C66H40. The Balaban J connectivity index is 1.04. The lowest BCUT2D eigenvalue weighted by Crippen LogP contribution is -1.91. The normalized spacial score (nSPS) is 11.9. The van der Waals surface area contributed by atoms with Gasteiger partial charge in [-0.1, -0.05) is 206 Å². The fraction of sp³-hybridized carbons (Fsp3) is 0. The van der Waals surface area contributed by atoms with Crippen LogP contribution in [0, 0.1) is 0 Å². The number of hydrogen-bond acceptors (Lipinski definition) is 0. The zero-order valence-corrected chi connectivity index (χ0v) is 36.1. The smallest absolute Gasteiger partial charge is 0.00137 e. The van der Waals surface area contributed by atoms with Gasteiger partial charge in [0.25, 0.3) is 0 Å². The van der Waals surface area contributed by atoms with Crippen LogP contribution >= 0.6 is 0 Å². The van der Waals surface area contributed by atoms with Gasteiger partial charge in [-0.25, -0.2) is 0 Å². The standard InChI is InChI=1S/C66H40/c1-3-15-41(16-4-1)43-27-29-45-37-61(53-23-9-7-21-51(53)59(45)35-43)47-31-33-55-49-19-11-14-26-58(49)66-64-40-48(32-34-56(64)50-20-12-13-25-57(50)65(66)63(55)39-47)62-38-46-30-28-44(42-17-5-2-6-18-42)36-60(46)52-22-8-10-24-54(52)62/h1-40H. The molecule has 0 saturated heterocycles. The topological polar surface area (TPSA) is 0 Å². The van der Waals surface area contributed by atoms with Crippen molar-refractivity contribution in [1.82, 2.24) is 0 Å². The van der Waals surface area contributed by atoms with Gasteiger partial charge in [0.2, 0.25) is 0 Å². The summed E-state index contributed by atoms with van der Waals surface area (Å²) < 4.78 is 0. The van der Waals surface area contributed by atoms with Gasteiger partial charge >= 0.3 is 0 Å². The van der Waals surface area contributed by atoms with Crippen molar-refractivity contribution in [2.24, 2.45) is 0 Å². The van der Waals surface area contributed by atoms with Gasteiger partial charge in [0.05, 0.1) is 0 Å². The molecule has 0 heteroatoms. The molecule has 0 aliphatic carbocycles. The summed E-state index contributed by atoms with van der Waals surface area (Å²) in [5.74, 6) is 0. The lowest BCUT2D eigenvalue weighted by atomic mass is 9.84. The predicted molar refractivity (Wildman–Crippen MR) is 286 cm³/mol. The van der Waals surface area contributed by atoms with E-state index >= 15 is 0 Å². The molecule has 0 amide bonds. The molecule has 0 aliphatic rings. The van der Waals surface area contributed by atoms with Crippen LogP contribution in [0.5, 0.6) is 0 Å². The zero-order valence-electron chi connectivity index (χ0n) is 36.1. The highest BCUT2D eigenvalue weighted by Crippen LogP contribution is 2.47. The summed E-state index contributed by atoms with van der Waals surface area (Å²) in [5.41, 5.74) is 9.88. The molecule has 0 aromatic heterocycles. The van der Waals surface area contributed by atoms with E-state index < -0.39 is 0 Å². The molecule has 0 radical (unpaired) electrons. The van der Waals surface area contributed by atoms with Gasteiger partial charge in [-0.15, -0.1) is 0 Å². The largest absolute Gasteiger partial charge is 0.0622 e. The van der Waals surface area contributed by atoms with Gasteiger partial charge in [-0.3, -0.25) is 0 Å². The average Bonchev–Trinajstić information content (AvgIpc) is 3.40. The summed E-state index contributed by atoms with van der Waals surface area (Å²) in [4.78, 5) is 0. The first kappa shape index (κ1) is 36.9. The van der Waals surface area contributed by atoms with Crippen molar-refractivity contribution < 1.29 is 0 Å². The number of hydrogen-bond donors (Lipinski definition) is 0. The number of benzene rings is 14. The molecule has 14 rings (SSSR count). The van der Waals surface area contributed by atoms with Crippen LogP contribution in [0.15, 0.2) is 243 Å². The van der Waals surface area contributed by atoms with Crippen LogP contribution in [-0.2, 0) is 0 Å². The minimum atomic E-state index is 1.22. The average molecular weight is 833 g/mol. The van der Waals surface area contributed by atoms with Gasteiger partial charge < -0.3 is 0 Å². The van der Waals surface area contributed by atoms with E-state index in [0.29, 0.717) is 0 Å². The summed E-state index contributed by atoms with van der Waals surface area (Å²) in [6.45, 7) is 0. The van der Waals surface area contributed by atoms with Crippen molar-refractivity contribution in [3.63, 3.8) is 0 Å². The Hall–Kier alpha value is -8.58. The Bertz CT molecular complexity index is 4030. The van der Waals surface area contributed by atoms with Crippen molar-refractivity contribution in [2.45, 2.75) is 0 Å². The second-order valence-electron chi connectivity index (χ2n) is 17.9. The van der Waals surface area contributed by atoms with E-state index in [4.69, 9.17) is 0 Å². The van der Waals surface area contributed by atoms with Gasteiger partial charge in [0.15, 0.2) is 0 Å². The molecule has 66 heavy (non-hydrogen) atoms. The minimum Gasteiger partial charge on any atom is -0.0622 e. The van der Waals surface area contributed by atoms with E-state index in [-0.39, 0.29) is 0 Å². The molecular weight excluding hydrogens is 793 g/mol. The van der Waals surface area contributed by atoms with Crippen LogP contribution in [0.4, 0.5) is 0 Å².